The number of hydrogen-bond acceptors (Lipinski definition) is 4. The van der Waals surface area contributed by atoms with Crippen LogP contribution in [-0.2, 0) is 16.1 Å². The Morgan fingerprint density at radius 1 is 1.03 bits per heavy atom. The van der Waals surface area contributed by atoms with Gasteiger partial charge in [0.25, 0.3) is 6.47 Å². The molecule has 3 N–H and O–H groups in total. The van der Waals surface area contributed by atoms with E-state index in [4.69, 9.17) is 37.8 Å². The largest absolute Gasteiger partial charge is 0.494 e. The maximum Gasteiger partial charge on any atom is 0.290 e. The zero-order chi connectivity index (χ0) is 22.7. The normalized spacial score (nSPS) is 22.5. The number of rotatable bonds is 7. The zero-order valence-corrected chi connectivity index (χ0v) is 19.0. The molecule has 2 aromatic carbocycles. The molecule has 6 nitrogen and oxygen atoms in total. The molecule has 0 spiro atoms. The Kier molecular flexibility index (Phi) is 9.62. The van der Waals surface area contributed by atoms with Gasteiger partial charge in [-0.1, -0.05) is 53.5 Å². The summed E-state index contributed by atoms with van der Waals surface area (Å²) in [6.45, 7) is 3.23. The highest BCUT2D eigenvalue weighted by atomic mass is 35.5. The minimum atomic E-state index is -0.250. The van der Waals surface area contributed by atoms with E-state index in [-0.39, 0.29) is 17.6 Å². The number of ether oxygens (including phenoxy) is 1. The third-order valence-corrected chi connectivity index (χ3v) is 6.25. The third kappa shape index (κ3) is 7.13. The highest BCUT2D eigenvalue weighted by Gasteiger charge is 2.60. The van der Waals surface area contributed by atoms with E-state index < -0.39 is 0 Å². The van der Waals surface area contributed by atoms with Crippen molar-refractivity contribution in [1.29, 1.82) is 0 Å². The van der Waals surface area contributed by atoms with Gasteiger partial charge in [-0.25, -0.2) is 0 Å². The summed E-state index contributed by atoms with van der Waals surface area (Å²) in [5.74, 6) is 0.752. The molecule has 2 aromatic rings. The van der Waals surface area contributed by atoms with Crippen molar-refractivity contribution in [2.24, 2.45) is 0 Å². The molecule has 0 aliphatic heterocycles. The molecular formula is C23H28Cl2N2O4. The monoisotopic (exact) mass is 466 g/mol. The number of fused-ring (bicyclic) bond motifs is 1. The summed E-state index contributed by atoms with van der Waals surface area (Å²) in [5, 5.41) is 14.6. The van der Waals surface area contributed by atoms with Crippen molar-refractivity contribution in [2.45, 2.75) is 50.2 Å². The maximum atomic E-state index is 10.5. The van der Waals surface area contributed by atoms with Crippen LogP contribution in [-0.4, -0.2) is 35.7 Å². The number of nitrogens with one attached hydrogen (secondary N) is 2. The number of hydrogen-bond donors (Lipinski definition) is 3. The average Bonchev–Trinajstić information content (AvgIpc) is 3.27. The van der Waals surface area contributed by atoms with E-state index in [0.29, 0.717) is 16.7 Å². The second kappa shape index (κ2) is 11.9. The number of amides is 1. The highest BCUT2D eigenvalue weighted by Crippen LogP contribution is 2.54. The fraction of sp³-hybridized carbons (Fsp3) is 0.391. The van der Waals surface area contributed by atoms with Gasteiger partial charge in [0.05, 0.1) is 16.7 Å². The van der Waals surface area contributed by atoms with E-state index in [1.54, 1.807) is 18.2 Å². The van der Waals surface area contributed by atoms with Gasteiger partial charge in [-0.15, -0.1) is 0 Å². The summed E-state index contributed by atoms with van der Waals surface area (Å²) in [7, 11) is 0. The third-order valence-electron chi connectivity index (χ3n) is 5.51. The fourth-order valence-corrected chi connectivity index (χ4v) is 4.50. The number of halogens is 2. The smallest absolute Gasteiger partial charge is 0.290 e. The molecule has 0 aromatic heterocycles. The average molecular weight is 467 g/mol. The van der Waals surface area contributed by atoms with E-state index in [2.05, 4.69) is 34.9 Å². The molecule has 3 saturated carbocycles. The minimum absolute atomic E-state index is 0.117. The van der Waals surface area contributed by atoms with Crippen molar-refractivity contribution in [1.82, 2.24) is 10.6 Å². The molecule has 168 valence electrons. The Hall–Kier alpha value is -2.28. The number of benzene rings is 2. The van der Waals surface area contributed by atoms with Gasteiger partial charge in [0.2, 0.25) is 6.41 Å². The molecule has 3 aliphatic rings. The lowest BCUT2D eigenvalue weighted by molar-refractivity contribution is -0.122. The molecule has 0 unspecified atom stereocenters. The second-order valence-electron chi connectivity index (χ2n) is 7.63. The van der Waals surface area contributed by atoms with Crippen LogP contribution >= 0.6 is 23.2 Å². The summed E-state index contributed by atoms with van der Waals surface area (Å²) in [6, 6.07) is 15.7. The van der Waals surface area contributed by atoms with Gasteiger partial charge in [-0.05, 0) is 50.3 Å². The first-order valence-electron chi connectivity index (χ1n) is 10.1. The molecule has 0 saturated heterocycles. The van der Waals surface area contributed by atoms with Crippen molar-refractivity contribution in [3.8, 4) is 5.75 Å². The van der Waals surface area contributed by atoms with Gasteiger partial charge in [0.15, 0.2) is 0 Å². The van der Waals surface area contributed by atoms with Crippen molar-refractivity contribution < 1.29 is 19.4 Å². The maximum absolute atomic E-state index is 10.5. The first-order valence-corrected chi connectivity index (χ1v) is 10.8. The van der Waals surface area contributed by atoms with Crippen LogP contribution in [0.2, 0.25) is 10.0 Å². The highest BCUT2D eigenvalue weighted by molar-refractivity contribution is 6.42. The molecular weight excluding hydrogens is 439 g/mol. The Labute approximate surface area is 192 Å². The van der Waals surface area contributed by atoms with Crippen LogP contribution in [0.5, 0.6) is 5.75 Å². The summed E-state index contributed by atoms with van der Waals surface area (Å²) in [5.41, 5.74) is 1.73. The van der Waals surface area contributed by atoms with Crippen molar-refractivity contribution in [3.63, 3.8) is 0 Å². The van der Waals surface area contributed by atoms with E-state index in [0.717, 1.165) is 38.0 Å². The lowest BCUT2D eigenvalue weighted by Crippen LogP contribution is -2.61. The summed E-state index contributed by atoms with van der Waals surface area (Å²) in [4.78, 5) is 18.9. The van der Waals surface area contributed by atoms with Crippen LogP contribution in [0.3, 0.4) is 0 Å². The molecule has 0 heterocycles. The fourth-order valence-electron chi connectivity index (χ4n) is 4.21. The zero-order valence-electron chi connectivity index (χ0n) is 17.4. The van der Waals surface area contributed by atoms with Gasteiger partial charge in [0.1, 0.15) is 5.75 Å². The lowest BCUT2D eigenvalue weighted by atomic mass is 9.71. The van der Waals surface area contributed by atoms with Gasteiger partial charge in [-0.3, -0.25) is 9.59 Å². The predicted octanol–water partition coefficient (Wildman–Crippen LogP) is 4.68. The van der Waals surface area contributed by atoms with Crippen LogP contribution in [0.15, 0.2) is 48.5 Å². The molecule has 0 atom stereocenters. The first-order chi connectivity index (χ1) is 14.9. The molecule has 8 heteroatoms. The first kappa shape index (κ1) is 25.0. The van der Waals surface area contributed by atoms with Gasteiger partial charge in [0, 0.05) is 23.7 Å². The Bertz CT molecular complexity index is 843. The lowest BCUT2D eigenvalue weighted by Gasteiger charge is -2.47. The summed E-state index contributed by atoms with van der Waals surface area (Å²) in [6.07, 6.45) is 5.33. The summed E-state index contributed by atoms with van der Waals surface area (Å²) >= 11 is 11.4. The van der Waals surface area contributed by atoms with E-state index >= 15 is 0 Å². The Morgan fingerprint density at radius 3 is 2.26 bits per heavy atom. The number of carbonyl (C=O) groups is 2. The van der Waals surface area contributed by atoms with Crippen LogP contribution in [0, 0.1) is 0 Å². The van der Waals surface area contributed by atoms with Crippen LogP contribution in [0.4, 0.5) is 0 Å². The van der Waals surface area contributed by atoms with Crippen LogP contribution in [0.1, 0.15) is 38.2 Å². The topological polar surface area (TPSA) is 87.7 Å². The Balaban J connectivity index is 0.000000211. The number of carboxylic acid groups (broad SMARTS) is 1. The molecule has 1 amide bonds. The number of carbonyl (C=O) groups excluding carboxylic acids is 1. The molecule has 0 radical (unpaired) electrons. The van der Waals surface area contributed by atoms with Crippen molar-refractivity contribution in [2.75, 3.05) is 6.61 Å². The van der Waals surface area contributed by atoms with E-state index in [1.807, 2.05) is 13.0 Å². The SMILES string of the molecule is CCOc1ccc(Cl)c(Cl)c1.O=CNC12CCC(NCc3ccccc3)(C1)C2.O=CO. The van der Waals surface area contributed by atoms with Crippen molar-refractivity contribution >= 4 is 36.1 Å². The molecule has 31 heavy (non-hydrogen) atoms. The molecule has 3 aliphatic carbocycles. The van der Waals surface area contributed by atoms with Gasteiger partial charge in [-0.2, -0.15) is 0 Å². The summed E-state index contributed by atoms with van der Waals surface area (Å²) < 4.78 is 5.20. The van der Waals surface area contributed by atoms with E-state index in [9.17, 15) is 4.79 Å². The second-order valence-corrected chi connectivity index (χ2v) is 8.44. The van der Waals surface area contributed by atoms with Gasteiger partial charge >= 0.3 is 0 Å². The van der Waals surface area contributed by atoms with E-state index in [1.165, 1.54) is 12.0 Å². The molecule has 3 fully saturated rings. The predicted molar refractivity (Wildman–Crippen MR) is 123 cm³/mol. The quantitative estimate of drug-likeness (QED) is 0.515. The minimum Gasteiger partial charge on any atom is -0.494 e. The van der Waals surface area contributed by atoms with Crippen LogP contribution in [0.25, 0.3) is 0 Å². The molecule has 5 rings (SSSR count). The van der Waals surface area contributed by atoms with Crippen LogP contribution < -0.4 is 15.4 Å². The standard InChI is InChI=1S/C14H18N2O.C8H8Cl2O.CH2O2/c17-11-16-14-7-6-13(9-14,10-14)15-8-12-4-2-1-3-5-12;1-2-11-6-3-4-7(9)8(10)5-6;2-1-3/h1-5,11,15H,6-10H2,(H,16,17);3-5H,2H2,1H3;1H,(H,2,3). The Morgan fingerprint density at radius 2 is 1.68 bits per heavy atom. The van der Waals surface area contributed by atoms with Crippen molar-refractivity contribution in [3.05, 3.63) is 64.1 Å². The van der Waals surface area contributed by atoms with Gasteiger partial charge < -0.3 is 20.5 Å². The molecule has 2 bridgehead atoms.